The first-order valence-corrected chi connectivity index (χ1v) is 9.28. The van der Waals surface area contributed by atoms with E-state index in [0.717, 1.165) is 5.69 Å². The molecule has 0 aliphatic rings. The number of hydrogen-bond donors (Lipinski definition) is 2. The van der Waals surface area contributed by atoms with Crippen LogP contribution in [0.3, 0.4) is 0 Å². The lowest BCUT2D eigenvalue weighted by atomic mass is 10.0. The molecule has 124 valence electrons. The van der Waals surface area contributed by atoms with E-state index in [2.05, 4.69) is 30.5 Å². The van der Waals surface area contributed by atoms with Gasteiger partial charge in [0.05, 0.1) is 6.04 Å². The molecule has 0 unspecified atom stereocenters. The van der Waals surface area contributed by atoms with E-state index in [9.17, 15) is 8.78 Å². The van der Waals surface area contributed by atoms with Crippen LogP contribution >= 0.6 is 35.3 Å². The van der Waals surface area contributed by atoms with E-state index in [1.807, 2.05) is 11.4 Å². The average Bonchev–Trinajstić information content (AvgIpc) is 3.00. The molecular formula is C16H18F2N2S3. The van der Waals surface area contributed by atoms with Crippen LogP contribution in [0.5, 0.6) is 0 Å². The Balaban J connectivity index is 1.95. The monoisotopic (exact) mass is 372 g/mol. The molecule has 2 nitrogen and oxygen atoms in total. The van der Waals surface area contributed by atoms with E-state index < -0.39 is 5.76 Å². The smallest absolute Gasteiger partial charge is 0.288 e. The van der Waals surface area contributed by atoms with Crippen molar-refractivity contribution in [1.82, 2.24) is 5.32 Å². The first kappa shape index (κ1) is 18.2. The number of halogens is 2. The molecule has 1 atom stereocenters. The fraction of sp³-hybridized carbons (Fsp3) is 0.312. The molecule has 0 radical (unpaired) electrons. The minimum Gasteiger partial charge on any atom is -0.355 e. The van der Waals surface area contributed by atoms with Crippen molar-refractivity contribution in [2.24, 2.45) is 5.92 Å². The van der Waals surface area contributed by atoms with Gasteiger partial charge < -0.3 is 10.6 Å². The molecule has 0 aliphatic heterocycles. The molecule has 0 saturated carbocycles. The molecule has 2 rings (SSSR count). The number of anilines is 1. The average molecular weight is 373 g/mol. The Morgan fingerprint density at radius 1 is 1.17 bits per heavy atom. The second-order valence-corrected chi connectivity index (χ2v) is 7.69. The molecule has 23 heavy (non-hydrogen) atoms. The number of alkyl halides is 2. The summed E-state index contributed by atoms with van der Waals surface area (Å²) in [4.78, 5) is 1.76. The standard InChI is InChI=1S/C16H18F2N2S3/c1-10(2)14(13-4-3-9-22-13)20-16(21)19-11-5-7-12(8-6-11)23-15(17)18/h3-10,14-15H,1-2H3,(H2,19,20,21)/t14-/m0/s1. The van der Waals surface area contributed by atoms with E-state index in [4.69, 9.17) is 12.2 Å². The molecule has 0 saturated heterocycles. The normalized spacial score (nSPS) is 12.4. The van der Waals surface area contributed by atoms with E-state index in [1.165, 1.54) is 4.88 Å². The maximum atomic E-state index is 12.3. The number of thiocarbonyl (C=S) groups is 1. The second-order valence-electron chi connectivity index (χ2n) is 5.24. The molecule has 1 aromatic heterocycles. The van der Waals surface area contributed by atoms with Crippen LogP contribution in [0, 0.1) is 5.92 Å². The SMILES string of the molecule is CC(C)[C@H](NC(=S)Nc1ccc(SC(F)F)cc1)c1cccs1. The Kier molecular flexibility index (Phi) is 6.80. The first-order chi connectivity index (χ1) is 11.0. The van der Waals surface area contributed by atoms with Crippen LogP contribution in [0.1, 0.15) is 24.8 Å². The van der Waals surface area contributed by atoms with Gasteiger partial charge in [-0.2, -0.15) is 8.78 Å². The van der Waals surface area contributed by atoms with Crippen molar-refractivity contribution in [3.63, 3.8) is 0 Å². The third-order valence-electron chi connectivity index (χ3n) is 3.14. The van der Waals surface area contributed by atoms with E-state index in [0.29, 0.717) is 27.7 Å². The van der Waals surface area contributed by atoms with Gasteiger partial charge in [-0.1, -0.05) is 31.7 Å². The summed E-state index contributed by atoms with van der Waals surface area (Å²) in [5, 5.41) is 8.98. The molecule has 0 bridgehead atoms. The van der Waals surface area contributed by atoms with Gasteiger partial charge in [-0.3, -0.25) is 0 Å². The number of hydrogen-bond acceptors (Lipinski definition) is 3. The quantitative estimate of drug-likeness (QED) is 0.498. The van der Waals surface area contributed by atoms with Crippen molar-refractivity contribution in [3.8, 4) is 0 Å². The molecule has 1 heterocycles. The van der Waals surface area contributed by atoms with Crippen LogP contribution in [0.15, 0.2) is 46.7 Å². The summed E-state index contributed by atoms with van der Waals surface area (Å²) in [7, 11) is 0. The Bertz CT molecular complexity index is 613. The molecule has 0 aliphatic carbocycles. The summed E-state index contributed by atoms with van der Waals surface area (Å²) < 4.78 is 24.6. The zero-order valence-corrected chi connectivity index (χ0v) is 15.2. The van der Waals surface area contributed by atoms with Gasteiger partial charge in [0.15, 0.2) is 5.11 Å². The van der Waals surface area contributed by atoms with Gasteiger partial charge in [-0.15, -0.1) is 11.3 Å². The van der Waals surface area contributed by atoms with Crippen molar-refractivity contribution < 1.29 is 8.78 Å². The van der Waals surface area contributed by atoms with Crippen molar-refractivity contribution in [2.75, 3.05) is 5.32 Å². The lowest BCUT2D eigenvalue weighted by Crippen LogP contribution is -2.34. The first-order valence-electron chi connectivity index (χ1n) is 7.11. The second kappa shape index (κ2) is 8.61. The van der Waals surface area contributed by atoms with Crippen molar-refractivity contribution in [1.29, 1.82) is 0 Å². The maximum Gasteiger partial charge on any atom is 0.288 e. The van der Waals surface area contributed by atoms with Gasteiger partial charge in [0, 0.05) is 15.5 Å². The lowest BCUT2D eigenvalue weighted by Gasteiger charge is -2.23. The third-order valence-corrected chi connectivity index (χ3v) is 5.04. The fourth-order valence-electron chi connectivity index (χ4n) is 2.06. The molecule has 7 heteroatoms. The summed E-state index contributed by atoms with van der Waals surface area (Å²) in [6.07, 6.45) is 0. The highest BCUT2D eigenvalue weighted by atomic mass is 32.2. The van der Waals surface area contributed by atoms with Gasteiger partial charge in [0.1, 0.15) is 0 Å². The number of benzene rings is 1. The van der Waals surface area contributed by atoms with Crippen molar-refractivity contribution in [3.05, 3.63) is 46.7 Å². The van der Waals surface area contributed by atoms with Crippen molar-refractivity contribution in [2.45, 2.75) is 30.5 Å². The summed E-state index contributed by atoms with van der Waals surface area (Å²) >= 11 is 7.59. The predicted octanol–water partition coefficient (Wildman–Crippen LogP) is 5.75. The molecule has 0 spiro atoms. The molecular weight excluding hydrogens is 354 g/mol. The minimum atomic E-state index is -2.41. The fourth-order valence-corrected chi connectivity index (χ4v) is 3.76. The highest BCUT2D eigenvalue weighted by molar-refractivity contribution is 7.99. The Morgan fingerprint density at radius 2 is 1.87 bits per heavy atom. The van der Waals surface area contributed by atoms with Crippen molar-refractivity contribution >= 4 is 46.1 Å². The van der Waals surface area contributed by atoms with E-state index >= 15 is 0 Å². The number of nitrogens with one attached hydrogen (secondary N) is 2. The Labute approximate surface area is 148 Å². The molecule has 0 amide bonds. The van der Waals surface area contributed by atoms with E-state index in [-0.39, 0.29) is 6.04 Å². The number of thiophene rings is 1. The lowest BCUT2D eigenvalue weighted by molar-refractivity contribution is 0.252. The number of thioether (sulfide) groups is 1. The van der Waals surface area contributed by atoms with Crippen LogP contribution in [-0.4, -0.2) is 10.9 Å². The van der Waals surface area contributed by atoms with Gasteiger partial charge in [-0.05, 0) is 53.8 Å². The summed E-state index contributed by atoms with van der Waals surface area (Å²) in [5.41, 5.74) is 0.773. The van der Waals surface area contributed by atoms with Gasteiger partial charge in [0.25, 0.3) is 5.76 Å². The van der Waals surface area contributed by atoms with Crippen LogP contribution in [0.2, 0.25) is 0 Å². The summed E-state index contributed by atoms with van der Waals surface area (Å²) in [5.74, 6) is -2.02. The molecule has 0 fully saturated rings. The van der Waals surface area contributed by atoms with Gasteiger partial charge >= 0.3 is 0 Å². The van der Waals surface area contributed by atoms with E-state index in [1.54, 1.807) is 35.6 Å². The highest BCUT2D eigenvalue weighted by Gasteiger charge is 2.17. The maximum absolute atomic E-state index is 12.3. The highest BCUT2D eigenvalue weighted by Crippen LogP contribution is 2.27. The Morgan fingerprint density at radius 3 is 2.39 bits per heavy atom. The van der Waals surface area contributed by atoms with Crippen LogP contribution in [-0.2, 0) is 0 Å². The van der Waals surface area contributed by atoms with Gasteiger partial charge in [-0.25, -0.2) is 0 Å². The number of rotatable bonds is 6. The molecule has 1 aromatic carbocycles. The minimum absolute atomic E-state index is 0.142. The topological polar surface area (TPSA) is 24.1 Å². The molecule has 2 aromatic rings. The van der Waals surface area contributed by atoms with Crippen LogP contribution < -0.4 is 10.6 Å². The Hall–Kier alpha value is -1.18. The zero-order valence-electron chi connectivity index (χ0n) is 12.8. The largest absolute Gasteiger partial charge is 0.355 e. The zero-order chi connectivity index (χ0) is 16.8. The summed E-state index contributed by atoms with van der Waals surface area (Å²) in [6.45, 7) is 4.27. The third kappa shape index (κ3) is 5.75. The predicted molar refractivity (Wildman–Crippen MR) is 99.6 cm³/mol. The van der Waals surface area contributed by atoms with Crippen LogP contribution in [0.4, 0.5) is 14.5 Å². The van der Waals surface area contributed by atoms with Gasteiger partial charge in [0.2, 0.25) is 0 Å². The molecule has 2 N–H and O–H groups in total. The summed E-state index contributed by atoms with van der Waals surface area (Å²) in [6, 6.07) is 11.0. The van der Waals surface area contributed by atoms with Crippen LogP contribution in [0.25, 0.3) is 0 Å².